The molecule has 0 radical (unpaired) electrons. The number of benzene rings is 1. The quantitative estimate of drug-likeness (QED) is 0.780. The normalized spacial score (nSPS) is 11.2. The van der Waals surface area contributed by atoms with E-state index >= 15 is 0 Å². The first-order valence-electron chi connectivity index (χ1n) is 5.27. The molecule has 0 amide bonds. The van der Waals surface area contributed by atoms with E-state index in [2.05, 4.69) is 14.7 Å². The first-order chi connectivity index (χ1) is 8.90. The van der Waals surface area contributed by atoms with Crippen LogP contribution in [0.5, 0.6) is 0 Å². The van der Waals surface area contributed by atoms with Gasteiger partial charge >= 0.3 is 5.97 Å². The molecule has 0 atom stereocenters. The highest BCUT2D eigenvalue weighted by Crippen LogP contribution is 2.19. The summed E-state index contributed by atoms with van der Waals surface area (Å²) in [6.07, 6.45) is 1.17. The number of carboxylic acid groups (broad SMARTS) is 1. The Morgan fingerprint density at radius 2 is 2.05 bits per heavy atom. The molecule has 1 heterocycles. The number of aromatic carboxylic acids is 1. The molecule has 2 aromatic rings. The van der Waals surface area contributed by atoms with Crippen LogP contribution in [0.3, 0.4) is 0 Å². The first kappa shape index (κ1) is 13.1. The van der Waals surface area contributed by atoms with E-state index in [9.17, 15) is 13.2 Å². The van der Waals surface area contributed by atoms with Gasteiger partial charge in [0.25, 0.3) is 10.0 Å². The number of H-pyrrole nitrogens is 1. The fraction of sp³-hybridized carbons (Fsp3) is 0.0909. The average Bonchev–Trinajstić information content (AvgIpc) is 2.76. The zero-order valence-electron chi connectivity index (χ0n) is 9.91. The van der Waals surface area contributed by atoms with E-state index in [0.717, 1.165) is 0 Å². The summed E-state index contributed by atoms with van der Waals surface area (Å²) in [6.45, 7) is 1.62. The molecular weight excluding hydrogens is 270 g/mol. The summed E-state index contributed by atoms with van der Waals surface area (Å²) in [4.78, 5) is 17.4. The second-order valence-corrected chi connectivity index (χ2v) is 5.44. The molecule has 19 heavy (non-hydrogen) atoms. The van der Waals surface area contributed by atoms with Crippen molar-refractivity contribution in [3.05, 3.63) is 41.9 Å². The van der Waals surface area contributed by atoms with E-state index in [4.69, 9.17) is 5.11 Å². The first-order valence-corrected chi connectivity index (χ1v) is 6.75. The number of carboxylic acids is 1. The number of aromatic nitrogens is 2. The van der Waals surface area contributed by atoms with Crippen molar-refractivity contribution >= 4 is 21.7 Å². The van der Waals surface area contributed by atoms with Crippen LogP contribution in [-0.2, 0) is 10.0 Å². The third-order valence-corrected chi connectivity index (χ3v) is 3.65. The summed E-state index contributed by atoms with van der Waals surface area (Å²) < 4.78 is 26.2. The maximum atomic E-state index is 12.0. The number of rotatable bonds is 4. The van der Waals surface area contributed by atoms with Crippen molar-refractivity contribution in [2.24, 2.45) is 0 Å². The Balaban J connectivity index is 2.39. The number of aromatic amines is 1. The fourth-order valence-electron chi connectivity index (χ4n) is 1.49. The third kappa shape index (κ3) is 2.74. The number of sulfonamides is 1. The number of hydrogen-bond acceptors (Lipinski definition) is 4. The topological polar surface area (TPSA) is 112 Å². The second-order valence-electron chi connectivity index (χ2n) is 3.79. The monoisotopic (exact) mass is 281 g/mol. The van der Waals surface area contributed by atoms with Gasteiger partial charge in [-0.05, 0) is 19.1 Å². The highest BCUT2D eigenvalue weighted by atomic mass is 32.2. The molecule has 0 bridgehead atoms. The Bertz CT molecular complexity index is 721. The average molecular weight is 281 g/mol. The van der Waals surface area contributed by atoms with E-state index in [-0.39, 0.29) is 16.3 Å². The number of hydrogen-bond donors (Lipinski definition) is 3. The zero-order valence-corrected chi connectivity index (χ0v) is 10.7. The van der Waals surface area contributed by atoms with Crippen molar-refractivity contribution in [3.63, 3.8) is 0 Å². The van der Waals surface area contributed by atoms with Gasteiger partial charge in [0.05, 0.1) is 17.4 Å². The van der Waals surface area contributed by atoms with Gasteiger partial charge in [0.1, 0.15) is 5.82 Å². The number of nitrogens with zero attached hydrogens (tertiary/aromatic N) is 1. The number of imidazole rings is 1. The van der Waals surface area contributed by atoms with E-state index in [1.165, 1.54) is 24.4 Å². The van der Waals surface area contributed by atoms with E-state index in [1.807, 2.05) is 0 Å². The van der Waals surface area contributed by atoms with Gasteiger partial charge in [-0.25, -0.2) is 9.78 Å². The maximum absolute atomic E-state index is 12.0. The molecule has 0 spiro atoms. The molecule has 1 aromatic heterocycles. The Morgan fingerprint density at radius 3 is 2.63 bits per heavy atom. The number of anilines is 1. The van der Waals surface area contributed by atoms with Gasteiger partial charge in [-0.3, -0.25) is 4.72 Å². The van der Waals surface area contributed by atoms with E-state index < -0.39 is 16.0 Å². The molecule has 3 N–H and O–H groups in total. The van der Waals surface area contributed by atoms with Gasteiger partial charge in [0, 0.05) is 0 Å². The number of para-hydroxylation sites is 1. The van der Waals surface area contributed by atoms with Crippen LogP contribution >= 0.6 is 0 Å². The number of aryl methyl sites for hydroxylation is 1. The minimum absolute atomic E-state index is 0.00209. The second kappa shape index (κ2) is 4.73. The standard InChI is InChI=1S/C11H11N3O4S/c1-7-12-6-10(13-7)19(17,18)14-9-5-3-2-4-8(9)11(15)16/h2-6,14H,1H3,(H,12,13)(H,15,16). The highest BCUT2D eigenvalue weighted by Gasteiger charge is 2.19. The van der Waals surface area contributed by atoms with Crippen molar-refractivity contribution in [3.8, 4) is 0 Å². The van der Waals surface area contributed by atoms with Gasteiger partial charge in [0.2, 0.25) is 0 Å². The van der Waals surface area contributed by atoms with Crippen molar-refractivity contribution < 1.29 is 18.3 Å². The van der Waals surface area contributed by atoms with Crippen molar-refractivity contribution in [1.82, 2.24) is 9.97 Å². The molecule has 0 aliphatic rings. The van der Waals surface area contributed by atoms with E-state index in [0.29, 0.717) is 5.82 Å². The molecule has 0 saturated carbocycles. The predicted octanol–water partition coefficient (Wildman–Crippen LogP) is 1.22. The summed E-state index contributed by atoms with van der Waals surface area (Å²) in [5.41, 5.74) is -0.121. The van der Waals surface area contributed by atoms with Gasteiger partial charge in [-0.15, -0.1) is 0 Å². The summed E-state index contributed by atoms with van der Waals surface area (Å²) in [5, 5.41) is 8.86. The minimum Gasteiger partial charge on any atom is -0.478 e. The molecule has 0 aliphatic heterocycles. The largest absolute Gasteiger partial charge is 0.478 e. The van der Waals surface area contributed by atoms with Crippen molar-refractivity contribution in [1.29, 1.82) is 0 Å². The molecule has 0 aliphatic carbocycles. The lowest BCUT2D eigenvalue weighted by molar-refractivity contribution is 0.0698. The van der Waals surface area contributed by atoms with Crippen molar-refractivity contribution in [2.45, 2.75) is 11.9 Å². The van der Waals surface area contributed by atoms with Crippen LogP contribution in [0.1, 0.15) is 16.2 Å². The van der Waals surface area contributed by atoms with Crippen LogP contribution in [0.25, 0.3) is 0 Å². The molecule has 0 unspecified atom stereocenters. The van der Waals surface area contributed by atoms with Crippen LogP contribution < -0.4 is 4.72 Å². The Labute approximate surface area is 109 Å². The van der Waals surface area contributed by atoms with Crippen LogP contribution in [0.2, 0.25) is 0 Å². The minimum atomic E-state index is -3.88. The van der Waals surface area contributed by atoms with Crippen LogP contribution in [0.15, 0.2) is 35.5 Å². The van der Waals surface area contributed by atoms with Crippen LogP contribution in [-0.4, -0.2) is 29.5 Å². The fourth-order valence-corrected chi connectivity index (χ4v) is 2.54. The molecule has 2 rings (SSSR count). The number of nitrogens with one attached hydrogen (secondary N) is 2. The van der Waals surface area contributed by atoms with Crippen LogP contribution in [0.4, 0.5) is 5.69 Å². The Hall–Kier alpha value is -2.35. The SMILES string of the molecule is Cc1ncc(S(=O)(=O)Nc2ccccc2C(=O)O)[nH]1. The predicted molar refractivity (Wildman–Crippen MR) is 67.5 cm³/mol. The summed E-state index contributed by atoms with van der Waals surface area (Å²) in [7, 11) is -3.88. The molecule has 8 heteroatoms. The lowest BCUT2D eigenvalue weighted by Gasteiger charge is -2.08. The molecule has 0 fully saturated rings. The summed E-state index contributed by atoms with van der Waals surface area (Å²) in [6, 6.07) is 5.76. The molecule has 0 saturated heterocycles. The lowest BCUT2D eigenvalue weighted by Crippen LogP contribution is -2.15. The zero-order chi connectivity index (χ0) is 14.0. The molecular formula is C11H11N3O4S. The Kier molecular flexibility index (Phi) is 3.26. The van der Waals surface area contributed by atoms with Crippen LogP contribution in [0, 0.1) is 6.92 Å². The maximum Gasteiger partial charge on any atom is 0.337 e. The summed E-state index contributed by atoms with van der Waals surface area (Å²) in [5.74, 6) is -0.758. The van der Waals surface area contributed by atoms with E-state index in [1.54, 1.807) is 13.0 Å². The van der Waals surface area contributed by atoms with Gasteiger partial charge in [0.15, 0.2) is 5.03 Å². The smallest absolute Gasteiger partial charge is 0.337 e. The third-order valence-electron chi connectivity index (χ3n) is 2.37. The summed E-state index contributed by atoms with van der Waals surface area (Å²) >= 11 is 0. The Morgan fingerprint density at radius 1 is 1.37 bits per heavy atom. The highest BCUT2D eigenvalue weighted by molar-refractivity contribution is 7.92. The van der Waals surface area contributed by atoms with Gasteiger partial charge in [-0.1, -0.05) is 12.1 Å². The van der Waals surface area contributed by atoms with Gasteiger partial charge < -0.3 is 10.1 Å². The molecule has 100 valence electrons. The molecule has 1 aromatic carbocycles. The molecule has 7 nitrogen and oxygen atoms in total. The van der Waals surface area contributed by atoms with Crippen molar-refractivity contribution in [2.75, 3.05) is 4.72 Å². The number of carbonyl (C=O) groups is 1. The lowest BCUT2D eigenvalue weighted by atomic mass is 10.2. The van der Waals surface area contributed by atoms with Gasteiger partial charge in [-0.2, -0.15) is 8.42 Å².